The summed E-state index contributed by atoms with van der Waals surface area (Å²) in [5.74, 6) is -0.250. The molecule has 3 aromatic rings. The number of nitrogens with zero attached hydrogens (tertiary/aromatic N) is 3. The molecule has 1 aromatic heterocycles. The van der Waals surface area contributed by atoms with Gasteiger partial charge in [0, 0.05) is 24.5 Å². The molecule has 0 spiro atoms. The van der Waals surface area contributed by atoms with Gasteiger partial charge >= 0.3 is 0 Å². The van der Waals surface area contributed by atoms with E-state index in [2.05, 4.69) is 9.95 Å². The Balaban J connectivity index is 1.50. The van der Waals surface area contributed by atoms with Crippen molar-refractivity contribution in [2.45, 2.75) is 43.0 Å². The van der Waals surface area contributed by atoms with Crippen LogP contribution in [0.25, 0.3) is 11.3 Å². The van der Waals surface area contributed by atoms with Gasteiger partial charge in [0.1, 0.15) is 5.82 Å². The van der Waals surface area contributed by atoms with E-state index < -0.39 is 10.0 Å². The van der Waals surface area contributed by atoms with Crippen molar-refractivity contribution >= 4 is 27.0 Å². The summed E-state index contributed by atoms with van der Waals surface area (Å²) in [6.07, 6.45) is 5.80. The molecular formula is C25H28FN3O3S2. The molecule has 2 aliphatic rings. The molecule has 0 N–H and O–H groups in total. The first-order valence-corrected chi connectivity index (χ1v) is 14.0. The van der Waals surface area contributed by atoms with Crippen LogP contribution in [0.2, 0.25) is 0 Å². The van der Waals surface area contributed by atoms with Gasteiger partial charge in [0.05, 0.1) is 29.5 Å². The SMILES string of the molecule is O=S(=O)(c1ccc(N=c2scc(-c3ccc(F)cc3)n2C2CCCCC2)cc1)N1CCOCC1. The highest BCUT2D eigenvalue weighted by molar-refractivity contribution is 7.89. The van der Waals surface area contributed by atoms with E-state index in [1.165, 1.54) is 35.7 Å². The second-order valence-electron chi connectivity index (χ2n) is 8.69. The van der Waals surface area contributed by atoms with Gasteiger partial charge in [-0.1, -0.05) is 19.3 Å². The van der Waals surface area contributed by atoms with Gasteiger partial charge in [-0.15, -0.1) is 11.3 Å². The van der Waals surface area contributed by atoms with Gasteiger partial charge in [-0.05, 0) is 66.9 Å². The Labute approximate surface area is 203 Å². The number of aromatic nitrogens is 1. The number of rotatable bonds is 5. The van der Waals surface area contributed by atoms with Gasteiger partial charge in [0.25, 0.3) is 0 Å². The maximum Gasteiger partial charge on any atom is 0.243 e. The third-order valence-corrected chi connectivity index (χ3v) is 9.24. The number of halogens is 1. The number of sulfonamides is 1. The van der Waals surface area contributed by atoms with Crippen LogP contribution in [-0.4, -0.2) is 43.6 Å². The summed E-state index contributed by atoms with van der Waals surface area (Å²) in [7, 11) is -3.53. The quantitative estimate of drug-likeness (QED) is 0.488. The third kappa shape index (κ3) is 4.88. The molecule has 1 saturated heterocycles. The van der Waals surface area contributed by atoms with Gasteiger partial charge in [-0.2, -0.15) is 4.31 Å². The Morgan fingerprint density at radius 2 is 1.62 bits per heavy atom. The third-order valence-electron chi connectivity index (χ3n) is 6.49. The number of ether oxygens (including phenoxy) is 1. The highest BCUT2D eigenvalue weighted by Gasteiger charge is 2.26. The Hall–Kier alpha value is -2.33. The molecule has 0 atom stereocenters. The Morgan fingerprint density at radius 1 is 0.941 bits per heavy atom. The normalized spacial score (nSPS) is 18.9. The minimum atomic E-state index is -3.53. The second kappa shape index (κ2) is 10.1. The largest absolute Gasteiger partial charge is 0.379 e. The van der Waals surface area contributed by atoms with E-state index in [0.29, 0.717) is 38.0 Å². The average molecular weight is 502 g/mol. The van der Waals surface area contributed by atoms with E-state index in [4.69, 9.17) is 9.73 Å². The smallest absolute Gasteiger partial charge is 0.243 e. The first-order valence-electron chi connectivity index (χ1n) is 11.7. The molecule has 6 nitrogen and oxygen atoms in total. The molecule has 34 heavy (non-hydrogen) atoms. The summed E-state index contributed by atoms with van der Waals surface area (Å²) >= 11 is 1.56. The Kier molecular flexibility index (Phi) is 6.96. The van der Waals surface area contributed by atoms with Crippen molar-refractivity contribution in [3.05, 3.63) is 64.5 Å². The maximum atomic E-state index is 13.5. The number of thiazole rings is 1. The van der Waals surface area contributed by atoms with Gasteiger partial charge in [-0.25, -0.2) is 17.8 Å². The second-order valence-corrected chi connectivity index (χ2v) is 11.5. The average Bonchev–Trinajstić information content (AvgIpc) is 3.29. The van der Waals surface area contributed by atoms with E-state index in [9.17, 15) is 12.8 Å². The number of benzene rings is 2. The summed E-state index contributed by atoms with van der Waals surface area (Å²) in [6, 6.07) is 13.7. The van der Waals surface area contributed by atoms with Crippen LogP contribution >= 0.6 is 11.3 Å². The predicted octanol–water partition coefficient (Wildman–Crippen LogP) is 5.11. The molecule has 0 radical (unpaired) electrons. The van der Waals surface area contributed by atoms with Crippen molar-refractivity contribution < 1.29 is 17.5 Å². The van der Waals surface area contributed by atoms with Crippen LogP contribution in [0.5, 0.6) is 0 Å². The first kappa shape index (κ1) is 23.4. The highest BCUT2D eigenvalue weighted by atomic mass is 32.2. The van der Waals surface area contributed by atoms with E-state index in [1.807, 2.05) is 12.1 Å². The molecule has 1 aliphatic carbocycles. The van der Waals surface area contributed by atoms with Crippen LogP contribution in [0, 0.1) is 5.82 Å². The van der Waals surface area contributed by atoms with E-state index in [1.54, 1.807) is 35.6 Å². The topological polar surface area (TPSA) is 63.9 Å². The standard InChI is InChI=1S/C25H28FN3O3S2/c26-20-8-6-19(7-9-20)24-18-33-25(29(24)22-4-2-1-3-5-22)27-21-10-12-23(13-11-21)34(30,31)28-14-16-32-17-15-28/h6-13,18,22H,1-5,14-17H2. The molecule has 0 bridgehead atoms. The van der Waals surface area contributed by atoms with Gasteiger partial charge < -0.3 is 9.30 Å². The van der Waals surface area contributed by atoms with Gasteiger partial charge in [0.15, 0.2) is 4.80 Å². The van der Waals surface area contributed by atoms with Crippen LogP contribution in [0.4, 0.5) is 10.1 Å². The summed E-state index contributed by atoms with van der Waals surface area (Å²) in [5, 5.41) is 2.08. The van der Waals surface area contributed by atoms with Gasteiger partial charge in [0.2, 0.25) is 10.0 Å². The minimum absolute atomic E-state index is 0.250. The number of hydrogen-bond donors (Lipinski definition) is 0. The maximum absolute atomic E-state index is 13.5. The first-order chi connectivity index (χ1) is 16.5. The van der Waals surface area contributed by atoms with Crippen LogP contribution < -0.4 is 4.80 Å². The van der Waals surface area contributed by atoms with Crippen LogP contribution in [0.15, 0.2) is 63.8 Å². The lowest BCUT2D eigenvalue weighted by Crippen LogP contribution is -2.40. The van der Waals surface area contributed by atoms with Crippen LogP contribution in [0.3, 0.4) is 0 Å². The molecule has 2 heterocycles. The molecule has 2 aromatic carbocycles. The molecule has 9 heteroatoms. The summed E-state index contributed by atoms with van der Waals surface area (Å²) in [4.78, 5) is 6.04. The van der Waals surface area contributed by atoms with Crippen LogP contribution in [-0.2, 0) is 14.8 Å². The monoisotopic (exact) mass is 501 g/mol. The van der Waals surface area contributed by atoms with E-state index >= 15 is 0 Å². The molecular weight excluding hydrogens is 473 g/mol. The van der Waals surface area contributed by atoms with Crippen molar-refractivity contribution in [1.82, 2.24) is 8.87 Å². The zero-order chi connectivity index (χ0) is 23.5. The fraction of sp³-hybridized carbons (Fsp3) is 0.400. The minimum Gasteiger partial charge on any atom is -0.379 e. The van der Waals surface area contributed by atoms with Crippen LogP contribution in [0.1, 0.15) is 38.1 Å². The zero-order valence-corrected chi connectivity index (χ0v) is 20.5. The Bertz CT molecular complexity index is 1290. The molecule has 1 aliphatic heterocycles. The predicted molar refractivity (Wildman–Crippen MR) is 131 cm³/mol. The fourth-order valence-corrected chi connectivity index (χ4v) is 7.06. The molecule has 0 amide bonds. The van der Waals surface area contributed by atoms with Crippen molar-refractivity contribution in [3.63, 3.8) is 0 Å². The number of hydrogen-bond acceptors (Lipinski definition) is 5. The lowest BCUT2D eigenvalue weighted by Gasteiger charge is -2.26. The van der Waals surface area contributed by atoms with Crippen molar-refractivity contribution in [2.24, 2.45) is 4.99 Å². The van der Waals surface area contributed by atoms with Crippen molar-refractivity contribution in [3.8, 4) is 11.3 Å². The fourth-order valence-electron chi connectivity index (χ4n) is 4.66. The van der Waals surface area contributed by atoms with E-state index in [0.717, 1.165) is 28.9 Å². The zero-order valence-electron chi connectivity index (χ0n) is 18.9. The number of morpholine rings is 1. The molecule has 180 valence electrons. The summed E-state index contributed by atoms with van der Waals surface area (Å²) in [6.45, 7) is 1.58. The van der Waals surface area contributed by atoms with Crippen molar-refractivity contribution in [2.75, 3.05) is 26.3 Å². The van der Waals surface area contributed by atoms with Crippen molar-refractivity contribution in [1.29, 1.82) is 0 Å². The van der Waals surface area contributed by atoms with E-state index in [-0.39, 0.29) is 10.7 Å². The molecule has 2 fully saturated rings. The molecule has 0 unspecified atom stereocenters. The lowest BCUT2D eigenvalue weighted by molar-refractivity contribution is 0.0730. The Morgan fingerprint density at radius 3 is 2.29 bits per heavy atom. The molecule has 1 saturated carbocycles. The summed E-state index contributed by atoms with van der Waals surface area (Å²) in [5.41, 5.74) is 2.72. The summed E-state index contributed by atoms with van der Waals surface area (Å²) < 4.78 is 48.4. The van der Waals surface area contributed by atoms with Gasteiger partial charge in [-0.3, -0.25) is 0 Å². The molecule has 5 rings (SSSR count). The highest BCUT2D eigenvalue weighted by Crippen LogP contribution is 2.32. The lowest BCUT2D eigenvalue weighted by atomic mass is 9.95.